The largest absolute Gasteiger partial charge is 0.357 e. The quantitative estimate of drug-likeness (QED) is 0.225. The summed E-state index contributed by atoms with van der Waals surface area (Å²) in [6.07, 6.45) is 0.443. The number of rotatable bonds is 8. The zero-order chi connectivity index (χ0) is 22.9. The fourth-order valence-electron chi connectivity index (χ4n) is 3.65. The lowest BCUT2D eigenvalue weighted by Crippen LogP contribution is -2.40. The molecule has 4 N–H and O–H groups in total. The van der Waals surface area contributed by atoms with Gasteiger partial charge in [0.05, 0.1) is 13.1 Å². The molecule has 1 aliphatic heterocycles. The summed E-state index contributed by atoms with van der Waals surface area (Å²) in [5, 5.41) is 12.5. The van der Waals surface area contributed by atoms with E-state index in [9.17, 15) is 9.59 Å². The Hall–Kier alpha value is -2.66. The van der Waals surface area contributed by atoms with Crippen LogP contribution in [0.25, 0.3) is 0 Å². The highest BCUT2D eigenvalue weighted by Crippen LogP contribution is 2.31. The van der Waals surface area contributed by atoms with Crippen LogP contribution in [-0.2, 0) is 16.1 Å². The molecule has 8 nitrogen and oxygen atoms in total. The molecule has 3 rings (SSSR count). The average Bonchev–Trinajstić information content (AvgIpc) is 2.75. The summed E-state index contributed by atoms with van der Waals surface area (Å²) in [6.45, 7) is 4.15. The molecule has 1 unspecified atom stereocenters. The van der Waals surface area contributed by atoms with Crippen molar-refractivity contribution in [2.24, 2.45) is 4.99 Å². The van der Waals surface area contributed by atoms with E-state index in [4.69, 9.17) is 0 Å². The highest BCUT2D eigenvalue weighted by molar-refractivity contribution is 14.0. The van der Waals surface area contributed by atoms with E-state index >= 15 is 0 Å². The first-order chi connectivity index (χ1) is 15.4. The molecule has 0 radical (unpaired) electrons. The Morgan fingerprint density at radius 2 is 1.94 bits per heavy atom. The van der Waals surface area contributed by atoms with E-state index in [1.807, 2.05) is 68.4 Å². The Kier molecular flexibility index (Phi) is 10.6. The standard InChI is InChI=1S/C24H32N6O2.HI/c1-4-25-24(27-15-18-13-22(31)29-21-11-6-5-10-20(18)21)26-14-17-8-7-9-19(12-17)28-23(32)16-30(2)3;/h5-12,18H,4,13-16H2,1-3H3,(H,28,32)(H,29,31)(H2,25,26,27);1H. The number of guanidine groups is 1. The normalized spacial score (nSPS) is 15.2. The van der Waals surface area contributed by atoms with Gasteiger partial charge in [0.15, 0.2) is 5.96 Å². The second-order valence-corrected chi connectivity index (χ2v) is 8.10. The highest BCUT2D eigenvalue weighted by atomic mass is 127. The van der Waals surface area contributed by atoms with Crippen LogP contribution in [0.4, 0.5) is 11.4 Å². The van der Waals surface area contributed by atoms with Crippen LogP contribution in [0.3, 0.4) is 0 Å². The maximum Gasteiger partial charge on any atom is 0.238 e. The van der Waals surface area contributed by atoms with Gasteiger partial charge in [-0.05, 0) is 50.3 Å². The second-order valence-electron chi connectivity index (χ2n) is 8.10. The van der Waals surface area contributed by atoms with Crippen molar-refractivity contribution in [3.8, 4) is 0 Å². The number of aliphatic imine (C=N–C) groups is 1. The number of hydrogen-bond donors (Lipinski definition) is 4. The molecule has 2 aromatic rings. The molecule has 2 aromatic carbocycles. The molecule has 0 bridgehead atoms. The summed E-state index contributed by atoms with van der Waals surface area (Å²) in [6, 6.07) is 15.6. The summed E-state index contributed by atoms with van der Waals surface area (Å²) < 4.78 is 0. The number of carbonyl (C=O) groups excluding carboxylic acids is 2. The van der Waals surface area contributed by atoms with Crippen molar-refractivity contribution in [2.45, 2.75) is 25.8 Å². The van der Waals surface area contributed by atoms with Crippen LogP contribution in [0, 0.1) is 0 Å². The van der Waals surface area contributed by atoms with Gasteiger partial charge in [-0.25, -0.2) is 4.99 Å². The molecule has 0 saturated carbocycles. The molecule has 0 saturated heterocycles. The van der Waals surface area contributed by atoms with Gasteiger partial charge in [-0.15, -0.1) is 24.0 Å². The first-order valence-corrected chi connectivity index (χ1v) is 10.9. The molecule has 0 aliphatic carbocycles. The van der Waals surface area contributed by atoms with Gasteiger partial charge in [0.25, 0.3) is 0 Å². The van der Waals surface area contributed by atoms with Crippen molar-refractivity contribution in [3.05, 3.63) is 59.7 Å². The molecular weight excluding hydrogens is 531 g/mol. The number of para-hydroxylation sites is 1. The van der Waals surface area contributed by atoms with Crippen molar-refractivity contribution in [2.75, 3.05) is 44.4 Å². The monoisotopic (exact) mass is 564 g/mol. The number of hydrogen-bond acceptors (Lipinski definition) is 4. The van der Waals surface area contributed by atoms with Gasteiger partial charge in [-0.1, -0.05) is 30.3 Å². The van der Waals surface area contributed by atoms with E-state index < -0.39 is 0 Å². The van der Waals surface area contributed by atoms with Crippen molar-refractivity contribution < 1.29 is 9.59 Å². The van der Waals surface area contributed by atoms with Crippen LogP contribution < -0.4 is 21.3 Å². The summed E-state index contributed by atoms with van der Waals surface area (Å²) in [5.41, 5.74) is 3.77. The summed E-state index contributed by atoms with van der Waals surface area (Å²) in [5.74, 6) is 0.755. The third-order valence-corrected chi connectivity index (χ3v) is 5.06. The Morgan fingerprint density at radius 3 is 2.70 bits per heavy atom. The van der Waals surface area contributed by atoms with Crippen molar-refractivity contribution in [1.29, 1.82) is 0 Å². The van der Waals surface area contributed by atoms with E-state index in [0.29, 0.717) is 32.0 Å². The number of anilines is 2. The van der Waals surface area contributed by atoms with E-state index in [1.165, 1.54) is 0 Å². The molecule has 0 fully saturated rings. The van der Waals surface area contributed by atoms with Gasteiger partial charge >= 0.3 is 0 Å². The summed E-state index contributed by atoms with van der Waals surface area (Å²) >= 11 is 0. The van der Waals surface area contributed by atoms with Gasteiger partial charge in [-0.2, -0.15) is 0 Å². The van der Waals surface area contributed by atoms with Crippen LogP contribution in [0.2, 0.25) is 0 Å². The van der Waals surface area contributed by atoms with Crippen LogP contribution >= 0.6 is 24.0 Å². The summed E-state index contributed by atoms with van der Waals surface area (Å²) in [4.78, 5) is 30.6. The molecular formula is C24H33IN6O2. The third-order valence-electron chi connectivity index (χ3n) is 5.06. The average molecular weight is 564 g/mol. The lowest BCUT2D eigenvalue weighted by molar-refractivity contribution is -0.117. The SMILES string of the molecule is CCNC(=NCc1cccc(NC(=O)CN(C)C)c1)NCC1CC(=O)Nc2ccccc21.I. The molecule has 0 aromatic heterocycles. The van der Waals surface area contributed by atoms with E-state index in [-0.39, 0.29) is 41.7 Å². The Morgan fingerprint density at radius 1 is 1.15 bits per heavy atom. The van der Waals surface area contributed by atoms with Gasteiger partial charge in [-0.3, -0.25) is 9.59 Å². The molecule has 1 heterocycles. The number of fused-ring (bicyclic) bond motifs is 1. The second kappa shape index (κ2) is 13.1. The van der Waals surface area contributed by atoms with Crippen LogP contribution in [-0.4, -0.2) is 56.4 Å². The maximum atomic E-state index is 12.1. The highest BCUT2D eigenvalue weighted by Gasteiger charge is 2.24. The van der Waals surface area contributed by atoms with Crippen molar-refractivity contribution in [1.82, 2.24) is 15.5 Å². The smallest absolute Gasteiger partial charge is 0.238 e. The zero-order valence-electron chi connectivity index (χ0n) is 19.4. The first kappa shape index (κ1) is 26.6. The first-order valence-electron chi connectivity index (χ1n) is 10.9. The minimum Gasteiger partial charge on any atom is -0.357 e. The van der Waals surface area contributed by atoms with Crippen LogP contribution in [0.5, 0.6) is 0 Å². The number of benzene rings is 2. The minimum atomic E-state index is -0.0533. The summed E-state index contributed by atoms with van der Waals surface area (Å²) in [7, 11) is 3.72. The number of nitrogens with one attached hydrogen (secondary N) is 4. The zero-order valence-corrected chi connectivity index (χ0v) is 21.7. The number of amides is 2. The Balaban J connectivity index is 0.00000385. The van der Waals surface area contributed by atoms with Gasteiger partial charge in [0, 0.05) is 36.8 Å². The number of halogens is 1. The van der Waals surface area contributed by atoms with Crippen LogP contribution in [0.1, 0.15) is 30.4 Å². The predicted molar refractivity (Wildman–Crippen MR) is 144 cm³/mol. The van der Waals surface area contributed by atoms with Gasteiger partial charge < -0.3 is 26.2 Å². The number of nitrogens with zero attached hydrogens (tertiary/aromatic N) is 2. The lowest BCUT2D eigenvalue weighted by atomic mass is 9.90. The molecule has 0 spiro atoms. The lowest BCUT2D eigenvalue weighted by Gasteiger charge is -2.26. The molecule has 178 valence electrons. The Labute approximate surface area is 212 Å². The van der Waals surface area contributed by atoms with Crippen molar-refractivity contribution >= 4 is 53.1 Å². The molecule has 1 aliphatic rings. The number of carbonyl (C=O) groups is 2. The molecule has 9 heteroatoms. The molecule has 1 atom stereocenters. The fraction of sp³-hybridized carbons (Fsp3) is 0.375. The van der Waals surface area contributed by atoms with E-state index in [2.05, 4.69) is 32.3 Å². The topological polar surface area (TPSA) is 97.9 Å². The van der Waals surface area contributed by atoms with Crippen LogP contribution in [0.15, 0.2) is 53.5 Å². The van der Waals surface area contributed by atoms with Gasteiger partial charge in [0.1, 0.15) is 0 Å². The Bertz CT molecular complexity index is 979. The van der Waals surface area contributed by atoms with E-state index in [0.717, 1.165) is 29.0 Å². The maximum absolute atomic E-state index is 12.1. The predicted octanol–water partition coefficient (Wildman–Crippen LogP) is 2.99. The molecule has 33 heavy (non-hydrogen) atoms. The fourth-order valence-corrected chi connectivity index (χ4v) is 3.65. The van der Waals surface area contributed by atoms with Crippen molar-refractivity contribution in [3.63, 3.8) is 0 Å². The van der Waals surface area contributed by atoms with Gasteiger partial charge in [0.2, 0.25) is 11.8 Å². The third kappa shape index (κ3) is 8.32. The van der Waals surface area contributed by atoms with E-state index in [1.54, 1.807) is 0 Å². The molecule has 2 amide bonds. The number of likely N-dealkylation sites (N-methyl/N-ethyl adjacent to an activating group) is 1. The minimum absolute atomic E-state index is 0.